The lowest BCUT2D eigenvalue weighted by atomic mass is 10.0. The van der Waals surface area contributed by atoms with Gasteiger partial charge in [-0.15, -0.1) is 0 Å². The third-order valence-corrected chi connectivity index (χ3v) is 2.35. The van der Waals surface area contributed by atoms with Gasteiger partial charge in [0.2, 0.25) is 5.91 Å². The van der Waals surface area contributed by atoms with Gasteiger partial charge in [0.15, 0.2) is 0 Å². The number of carbonyl (C=O) groups is 1. The molecule has 0 aromatic heterocycles. The maximum absolute atomic E-state index is 11.8. The molecule has 0 aliphatic rings. The molecule has 14 heavy (non-hydrogen) atoms. The van der Waals surface area contributed by atoms with E-state index in [4.69, 9.17) is 18.0 Å². The van der Waals surface area contributed by atoms with E-state index in [0.29, 0.717) is 17.3 Å². The molecule has 0 aliphatic carbocycles. The first kappa shape index (κ1) is 13.4. The van der Waals surface area contributed by atoms with Crippen molar-refractivity contribution in [3.8, 4) is 0 Å². The van der Waals surface area contributed by atoms with Crippen LogP contribution >= 0.6 is 12.2 Å². The van der Waals surface area contributed by atoms with E-state index in [2.05, 4.69) is 13.8 Å². The Bertz CT molecular complexity index is 216. The maximum Gasteiger partial charge on any atom is 0.232 e. The molecule has 82 valence electrons. The van der Waals surface area contributed by atoms with Crippen LogP contribution in [0.4, 0.5) is 0 Å². The minimum absolute atomic E-state index is 0.0358. The number of hydrogen-bond donors (Lipinski definition) is 1. The molecule has 0 spiro atoms. The molecule has 0 rings (SSSR count). The Morgan fingerprint density at radius 1 is 1.50 bits per heavy atom. The molecular weight excluding hydrogens is 196 g/mol. The van der Waals surface area contributed by atoms with E-state index in [9.17, 15) is 4.79 Å². The zero-order chi connectivity index (χ0) is 11.3. The highest BCUT2D eigenvalue weighted by Crippen LogP contribution is 2.08. The second-order valence-corrected chi connectivity index (χ2v) is 4.45. The van der Waals surface area contributed by atoms with E-state index in [1.807, 2.05) is 6.92 Å². The minimum atomic E-state index is -0.297. The van der Waals surface area contributed by atoms with Gasteiger partial charge in [-0.05, 0) is 12.3 Å². The lowest BCUT2D eigenvalue weighted by molar-refractivity contribution is -0.132. The molecule has 0 aromatic rings. The topological polar surface area (TPSA) is 46.3 Å². The molecule has 3 nitrogen and oxygen atoms in total. The predicted octanol–water partition coefficient (Wildman–Crippen LogP) is 1.41. The molecule has 0 saturated carbocycles. The number of nitrogens with two attached hydrogens (primary N) is 1. The van der Waals surface area contributed by atoms with E-state index in [1.54, 1.807) is 11.9 Å². The van der Waals surface area contributed by atoms with Crippen molar-refractivity contribution in [2.75, 3.05) is 13.6 Å². The standard InChI is InChI=1S/C10H20N2OS/c1-5-8(9(11)14)10(13)12(4)6-7(2)3/h7-8H,5-6H2,1-4H3,(H2,11,14). The Balaban J connectivity index is 4.35. The van der Waals surface area contributed by atoms with Crippen LogP contribution in [0.5, 0.6) is 0 Å². The number of thiocarbonyl (C=S) groups is 1. The summed E-state index contributed by atoms with van der Waals surface area (Å²) in [6, 6.07) is 0. The van der Waals surface area contributed by atoms with Crippen molar-refractivity contribution in [1.29, 1.82) is 0 Å². The molecular formula is C10H20N2OS. The number of amides is 1. The van der Waals surface area contributed by atoms with Gasteiger partial charge in [0.05, 0.1) is 10.9 Å². The van der Waals surface area contributed by atoms with E-state index in [-0.39, 0.29) is 11.8 Å². The first-order valence-electron chi connectivity index (χ1n) is 4.94. The molecule has 0 aromatic carbocycles. The van der Waals surface area contributed by atoms with Crippen molar-refractivity contribution >= 4 is 23.1 Å². The summed E-state index contributed by atoms with van der Waals surface area (Å²) in [6.45, 7) is 6.82. The molecule has 0 aliphatic heterocycles. The Morgan fingerprint density at radius 2 is 2.00 bits per heavy atom. The largest absolute Gasteiger partial charge is 0.393 e. The smallest absolute Gasteiger partial charge is 0.232 e. The Kier molecular flexibility index (Phi) is 5.69. The lowest BCUT2D eigenvalue weighted by Crippen LogP contribution is -2.40. The summed E-state index contributed by atoms with van der Waals surface area (Å²) in [5, 5.41) is 0. The first-order valence-corrected chi connectivity index (χ1v) is 5.35. The normalized spacial score (nSPS) is 12.6. The number of nitrogens with zero attached hydrogens (tertiary/aromatic N) is 1. The SMILES string of the molecule is CCC(C(=O)N(C)CC(C)C)C(N)=S. The number of carbonyl (C=O) groups excluding carboxylic acids is 1. The van der Waals surface area contributed by atoms with Crippen molar-refractivity contribution in [1.82, 2.24) is 4.90 Å². The van der Waals surface area contributed by atoms with Gasteiger partial charge < -0.3 is 10.6 Å². The summed E-state index contributed by atoms with van der Waals surface area (Å²) in [7, 11) is 1.79. The van der Waals surface area contributed by atoms with Crippen LogP contribution < -0.4 is 5.73 Å². The second kappa shape index (κ2) is 5.96. The lowest BCUT2D eigenvalue weighted by Gasteiger charge is -2.23. The van der Waals surface area contributed by atoms with Gasteiger partial charge in [-0.1, -0.05) is 33.0 Å². The summed E-state index contributed by atoms with van der Waals surface area (Å²) >= 11 is 4.86. The van der Waals surface area contributed by atoms with E-state index >= 15 is 0 Å². The molecule has 1 amide bonds. The van der Waals surface area contributed by atoms with Gasteiger partial charge >= 0.3 is 0 Å². The summed E-state index contributed by atoms with van der Waals surface area (Å²) in [5.74, 6) is 0.204. The predicted molar refractivity (Wildman–Crippen MR) is 63.0 cm³/mol. The van der Waals surface area contributed by atoms with Gasteiger partial charge in [-0.2, -0.15) is 0 Å². The third-order valence-electron chi connectivity index (χ3n) is 2.07. The van der Waals surface area contributed by atoms with Crippen molar-refractivity contribution in [3.05, 3.63) is 0 Å². The highest BCUT2D eigenvalue weighted by molar-refractivity contribution is 7.80. The summed E-state index contributed by atoms with van der Waals surface area (Å²) in [6.07, 6.45) is 0.677. The molecule has 0 radical (unpaired) electrons. The number of rotatable bonds is 5. The third kappa shape index (κ3) is 4.05. The molecule has 0 bridgehead atoms. The minimum Gasteiger partial charge on any atom is -0.393 e. The molecule has 2 N–H and O–H groups in total. The number of hydrogen-bond acceptors (Lipinski definition) is 2. The van der Waals surface area contributed by atoms with E-state index < -0.39 is 0 Å². The monoisotopic (exact) mass is 216 g/mol. The van der Waals surface area contributed by atoms with Crippen LogP contribution in [0.1, 0.15) is 27.2 Å². The molecule has 1 atom stereocenters. The average Bonchev–Trinajstić information content (AvgIpc) is 2.03. The Morgan fingerprint density at radius 3 is 2.29 bits per heavy atom. The molecule has 4 heteroatoms. The van der Waals surface area contributed by atoms with Crippen LogP contribution in [0.15, 0.2) is 0 Å². The van der Waals surface area contributed by atoms with Gasteiger partial charge in [-0.3, -0.25) is 4.79 Å². The zero-order valence-electron chi connectivity index (χ0n) is 9.41. The van der Waals surface area contributed by atoms with E-state index in [1.165, 1.54) is 0 Å². The molecule has 0 saturated heterocycles. The van der Waals surface area contributed by atoms with Gasteiger partial charge in [0, 0.05) is 13.6 Å². The zero-order valence-corrected chi connectivity index (χ0v) is 10.2. The van der Waals surface area contributed by atoms with Crippen molar-refractivity contribution in [3.63, 3.8) is 0 Å². The first-order chi connectivity index (χ1) is 6.40. The Hall–Kier alpha value is -0.640. The fourth-order valence-electron chi connectivity index (χ4n) is 1.40. The van der Waals surface area contributed by atoms with Gasteiger partial charge in [-0.25, -0.2) is 0 Å². The van der Waals surface area contributed by atoms with E-state index in [0.717, 1.165) is 6.54 Å². The molecule has 0 fully saturated rings. The van der Waals surface area contributed by atoms with Crippen molar-refractivity contribution in [2.24, 2.45) is 17.6 Å². The average molecular weight is 216 g/mol. The van der Waals surface area contributed by atoms with Gasteiger partial charge in [0.1, 0.15) is 0 Å². The fraction of sp³-hybridized carbons (Fsp3) is 0.800. The van der Waals surface area contributed by atoms with Crippen LogP contribution in [-0.4, -0.2) is 29.4 Å². The Labute approximate surface area is 91.6 Å². The fourth-order valence-corrected chi connectivity index (χ4v) is 1.67. The summed E-state index contributed by atoms with van der Waals surface area (Å²) < 4.78 is 0. The van der Waals surface area contributed by atoms with Crippen LogP contribution in [0.25, 0.3) is 0 Å². The quantitative estimate of drug-likeness (QED) is 0.707. The summed E-state index contributed by atoms with van der Waals surface area (Å²) in [4.78, 5) is 13.8. The molecule has 1 unspecified atom stereocenters. The highest BCUT2D eigenvalue weighted by Gasteiger charge is 2.22. The second-order valence-electron chi connectivity index (χ2n) is 3.98. The highest BCUT2D eigenvalue weighted by atomic mass is 32.1. The molecule has 0 heterocycles. The van der Waals surface area contributed by atoms with Crippen LogP contribution in [-0.2, 0) is 4.79 Å². The van der Waals surface area contributed by atoms with Gasteiger partial charge in [0.25, 0.3) is 0 Å². The van der Waals surface area contributed by atoms with Crippen molar-refractivity contribution in [2.45, 2.75) is 27.2 Å². The summed E-state index contributed by atoms with van der Waals surface area (Å²) in [5.41, 5.74) is 5.50. The maximum atomic E-state index is 11.8. The van der Waals surface area contributed by atoms with Crippen LogP contribution in [0.3, 0.4) is 0 Å². The van der Waals surface area contributed by atoms with Crippen LogP contribution in [0.2, 0.25) is 0 Å². The van der Waals surface area contributed by atoms with Crippen LogP contribution in [0, 0.1) is 11.8 Å². The van der Waals surface area contributed by atoms with Crippen molar-refractivity contribution < 1.29 is 4.79 Å².